The fraction of sp³-hybridized carbons (Fsp3) is 0.150. The number of nitrogens with one attached hydrogen (secondary N) is 1. The Morgan fingerprint density at radius 1 is 1.04 bits per heavy atom. The number of carbonyl (C=O) groups is 1. The second kappa shape index (κ2) is 7.04. The molecule has 0 radical (unpaired) electrons. The second-order valence-electron chi connectivity index (χ2n) is 5.64. The lowest BCUT2D eigenvalue weighted by Crippen LogP contribution is -2.12. The third-order valence-corrected chi connectivity index (χ3v) is 3.65. The number of hydrogen-bond acceptors (Lipinski definition) is 3. The highest BCUT2D eigenvalue weighted by molar-refractivity contribution is 6.02. The van der Waals surface area contributed by atoms with E-state index in [4.69, 9.17) is 9.15 Å². The van der Waals surface area contributed by atoms with Gasteiger partial charge in [-0.15, -0.1) is 0 Å². The molecule has 0 bridgehead atoms. The molecule has 0 aliphatic heterocycles. The quantitative estimate of drug-likeness (QED) is 0.739. The van der Waals surface area contributed by atoms with E-state index in [1.54, 1.807) is 12.1 Å². The number of aryl methyl sites for hydroxylation is 2. The molecule has 4 nitrogen and oxygen atoms in total. The molecule has 1 amide bonds. The van der Waals surface area contributed by atoms with Gasteiger partial charge in [0.05, 0.1) is 0 Å². The monoisotopic (exact) mass is 321 g/mol. The van der Waals surface area contributed by atoms with E-state index in [9.17, 15) is 4.79 Å². The standard InChI is InChI=1S/C20H19NO3/c1-14-8-9-15(2)18(12-14)21-20(22)19-11-10-17(24-19)13-23-16-6-4-3-5-7-16/h3-12H,13H2,1-2H3,(H,21,22). The summed E-state index contributed by atoms with van der Waals surface area (Å²) in [5.41, 5.74) is 2.89. The lowest BCUT2D eigenvalue weighted by molar-refractivity contribution is 0.0992. The summed E-state index contributed by atoms with van der Waals surface area (Å²) in [5, 5.41) is 2.88. The first-order valence-corrected chi connectivity index (χ1v) is 7.77. The van der Waals surface area contributed by atoms with E-state index in [-0.39, 0.29) is 18.3 Å². The number of amides is 1. The van der Waals surface area contributed by atoms with Crippen LogP contribution in [0.1, 0.15) is 27.4 Å². The minimum absolute atomic E-state index is 0.266. The molecular weight excluding hydrogens is 302 g/mol. The first kappa shape index (κ1) is 15.9. The maximum atomic E-state index is 12.3. The Labute approximate surface area is 141 Å². The van der Waals surface area contributed by atoms with Crippen LogP contribution < -0.4 is 10.1 Å². The van der Waals surface area contributed by atoms with Crippen molar-refractivity contribution in [2.24, 2.45) is 0 Å². The molecule has 2 aromatic carbocycles. The molecule has 3 rings (SSSR count). The number of furan rings is 1. The molecule has 3 aromatic rings. The summed E-state index contributed by atoms with van der Waals surface area (Å²) in [6.07, 6.45) is 0. The van der Waals surface area contributed by atoms with Crippen molar-refractivity contribution in [2.75, 3.05) is 5.32 Å². The summed E-state index contributed by atoms with van der Waals surface area (Å²) in [7, 11) is 0. The summed E-state index contributed by atoms with van der Waals surface area (Å²) >= 11 is 0. The molecule has 0 spiro atoms. The fourth-order valence-corrected chi connectivity index (χ4v) is 2.30. The minimum atomic E-state index is -0.269. The highest BCUT2D eigenvalue weighted by atomic mass is 16.5. The van der Waals surface area contributed by atoms with Crippen molar-refractivity contribution in [1.82, 2.24) is 0 Å². The third-order valence-electron chi connectivity index (χ3n) is 3.65. The zero-order valence-electron chi connectivity index (χ0n) is 13.7. The van der Waals surface area contributed by atoms with Crippen molar-refractivity contribution in [3.63, 3.8) is 0 Å². The van der Waals surface area contributed by atoms with Gasteiger partial charge >= 0.3 is 0 Å². The third kappa shape index (κ3) is 3.84. The number of rotatable bonds is 5. The van der Waals surface area contributed by atoms with Gasteiger partial charge in [-0.05, 0) is 55.3 Å². The van der Waals surface area contributed by atoms with E-state index < -0.39 is 0 Å². The number of ether oxygens (including phenoxy) is 1. The van der Waals surface area contributed by atoms with Crippen molar-refractivity contribution in [3.8, 4) is 5.75 Å². The van der Waals surface area contributed by atoms with Gasteiger partial charge < -0.3 is 14.5 Å². The average molecular weight is 321 g/mol. The molecule has 1 heterocycles. The summed E-state index contributed by atoms with van der Waals surface area (Å²) in [4.78, 5) is 12.3. The van der Waals surface area contributed by atoms with Gasteiger partial charge in [0.25, 0.3) is 5.91 Å². The number of benzene rings is 2. The van der Waals surface area contributed by atoms with Crippen LogP contribution in [0.25, 0.3) is 0 Å². The van der Waals surface area contributed by atoms with E-state index in [1.807, 2.05) is 62.4 Å². The maximum Gasteiger partial charge on any atom is 0.291 e. The van der Waals surface area contributed by atoms with E-state index in [0.29, 0.717) is 5.76 Å². The average Bonchev–Trinajstić information content (AvgIpc) is 3.06. The normalized spacial score (nSPS) is 10.4. The van der Waals surface area contributed by atoms with Gasteiger partial charge in [0.1, 0.15) is 18.1 Å². The van der Waals surface area contributed by atoms with Crippen LogP contribution in [0.3, 0.4) is 0 Å². The molecule has 1 aromatic heterocycles. The second-order valence-corrected chi connectivity index (χ2v) is 5.64. The molecule has 0 unspecified atom stereocenters. The van der Waals surface area contributed by atoms with E-state index >= 15 is 0 Å². The van der Waals surface area contributed by atoms with Crippen LogP contribution >= 0.6 is 0 Å². The van der Waals surface area contributed by atoms with E-state index in [0.717, 1.165) is 22.6 Å². The van der Waals surface area contributed by atoms with Gasteiger partial charge in [-0.2, -0.15) is 0 Å². The predicted octanol–water partition coefficient (Wildman–Crippen LogP) is 4.73. The lowest BCUT2D eigenvalue weighted by Gasteiger charge is -2.08. The van der Waals surface area contributed by atoms with Crippen LogP contribution in [0, 0.1) is 13.8 Å². The van der Waals surface area contributed by atoms with Crippen LogP contribution in [0.4, 0.5) is 5.69 Å². The van der Waals surface area contributed by atoms with Crippen LogP contribution in [0.2, 0.25) is 0 Å². The van der Waals surface area contributed by atoms with Crippen molar-refractivity contribution in [1.29, 1.82) is 0 Å². The Bertz CT molecular complexity index is 837. The summed E-state index contributed by atoms with van der Waals surface area (Å²) in [6, 6.07) is 18.8. The fourth-order valence-electron chi connectivity index (χ4n) is 2.30. The molecule has 0 aliphatic rings. The Kier molecular flexibility index (Phi) is 4.66. The molecule has 122 valence electrons. The zero-order valence-corrected chi connectivity index (χ0v) is 13.7. The SMILES string of the molecule is Cc1ccc(C)c(NC(=O)c2ccc(COc3ccccc3)o2)c1. The number of hydrogen-bond donors (Lipinski definition) is 1. The largest absolute Gasteiger partial charge is 0.486 e. The first-order chi connectivity index (χ1) is 11.6. The molecule has 0 saturated heterocycles. The van der Waals surface area contributed by atoms with Crippen molar-refractivity contribution >= 4 is 11.6 Å². The number of carbonyl (C=O) groups excluding carboxylic acids is 1. The van der Waals surface area contributed by atoms with Crippen LogP contribution in [-0.4, -0.2) is 5.91 Å². The molecular formula is C20H19NO3. The Hall–Kier alpha value is -3.01. The smallest absolute Gasteiger partial charge is 0.291 e. The molecule has 4 heteroatoms. The maximum absolute atomic E-state index is 12.3. The van der Waals surface area contributed by atoms with Crippen LogP contribution in [0.5, 0.6) is 5.75 Å². The Morgan fingerprint density at radius 2 is 1.83 bits per heavy atom. The first-order valence-electron chi connectivity index (χ1n) is 7.77. The van der Waals surface area contributed by atoms with Gasteiger partial charge in [0.15, 0.2) is 5.76 Å². The molecule has 0 fully saturated rings. The molecule has 0 saturated carbocycles. The van der Waals surface area contributed by atoms with Gasteiger partial charge in [0, 0.05) is 5.69 Å². The van der Waals surface area contributed by atoms with Gasteiger partial charge in [0.2, 0.25) is 0 Å². The molecule has 0 atom stereocenters. The van der Waals surface area contributed by atoms with E-state index in [2.05, 4.69) is 5.32 Å². The number of para-hydroxylation sites is 1. The topological polar surface area (TPSA) is 51.5 Å². The Morgan fingerprint density at radius 3 is 2.62 bits per heavy atom. The molecule has 24 heavy (non-hydrogen) atoms. The van der Waals surface area contributed by atoms with Crippen molar-refractivity contribution in [3.05, 3.63) is 83.3 Å². The van der Waals surface area contributed by atoms with Crippen molar-refractivity contribution < 1.29 is 13.9 Å². The predicted molar refractivity (Wildman–Crippen MR) is 93.4 cm³/mol. The summed E-state index contributed by atoms with van der Waals surface area (Å²) < 4.78 is 11.2. The van der Waals surface area contributed by atoms with Gasteiger partial charge in [-0.25, -0.2) is 0 Å². The minimum Gasteiger partial charge on any atom is -0.486 e. The van der Waals surface area contributed by atoms with Gasteiger partial charge in [-0.1, -0.05) is 30.3 Å². The highest BCUT2D eigenvalue weighted by Crippen LogP contribution is 2.19. The highest BCUT2D eigenvalue weighted by Gasteiger charge is 2.13. The molecule has 0 aliphatic carbocycles. The summed E-state index contributed by atoms with van der Waals surface area (Å²) in [6.45, 7) is 4.22. The van der Waals surface area contributed by atoms with Crippen LogP contribution in [0.15, 0.2) is 65.1 Å². The zero-order chi connectivity index (χ0) is 16.9. The Balaban J connectivity index is 1.64. The van der Waals surface area contributed by atoms with Crippen LogP contribution in [-0.2, 0) is 6.61 Å². The summed E-state index contributed by atoms with van der Waals surface area (Å²) in [5.74, 6) is 1.36. The van der Waals surface area contributed by atoms with Gasteiger partial charge in [-0.3, -0.25) is 4.79 Å². The number of anilines is 1. The van der Waals surface area contributed by atoms with E-state index in [1.165, 1.54) is 0 Å². The van der Waals surface area contributed by atoms with Crippen molar-refractivity contribution in [2.45, 2.75) is 20.5 Å². The lowest BCUT2D eigenvalue weighted by atomic mass is 10.1. The molecule has 1 N–H and O–H groups in total.